The molecule has 0 unspecified atom stereocenters. The van der Waals surface area contributed by atoms with Crippen LogP contribution in [0.15, 0.2) is 107 Å². The summed E-state index contributed by atoms with van der Waals surface area (Å²) in [6.45, 7) is 8.20. The summed E-state index contributed by atoms with van der Waals surface area (Å²) >= 11 is 1.27. The number of nitrogens with zero attached hydrogens (tertiary/aromatic N) is 2. The van der Waals surface area contributed by atoms with E-state index in [9.17, 15) is 9.59 Å². The van der Waals surface area contributed by atoms with Crippen LogP contribution in [0.2, 0.25) is 0 Å². The van der Waals surface area contributed by atoms with E-state index < -0.39 is 6.04 Å². The number of amides is 1. The van der Waals surface area contributed by atoms with Crippen molar-refractivity contribution in [2.75, 3.05) is 25.6 Å². The number of methoxy groups -OCH3 is 1. The highest BCUT2D eigenvalue weighted by Gasteiger charge is 2.32. The van der Waals surface area contributed by atoms with E-state index in [4.69, 9.17) is 19.2 Å². The second-order valence-electron chi connectivity index (χ2n) is 9.41. The molecule has 1 aliphatic rings. The van der Waals surface area contributed by atoms with E-state index in [-0.39, 0.29) is 11.5 Å². The van der Waals surface area contributed by atoms with Gasteiger partial charge in [-0.05, 0) is 67.4 Å². The molecular weight excluding hydrogens is 550 g/mol. The minimum Gasteiger partial charge on any atom is -0.497 e. The van der Waals surface area contributed by atoms with E-state index in [0.717, 1.165) is 11.1 Å². The maximum atomic E-state index is 14.0. The van der Waals surface area contributed by atoms with Gasteiger partial charge in [0.05, 0.1) is 35.6 Å². The van der Waals surface area contributed by atoms with Crippen molar-refractivity contribution in [3.63, 3.8) is 0 Å². The van der Waals surface area contributed by atoms with Gasteiger partial charge in [-0.2, -0.15) is 0 Å². The van der Waals surface area contributed by atoms with Gasteiger partial charge in [0.25, 0.3) is 11.5 Å². The second-order valence-corrected chi connectivity index (χ2v) is 10.4. The number of benzene rings is 3. The zero-order chi connectivity index (χ0) is 29.6. The highest BCUT2D eigenvalue weighted by Crippen LogP contribution is 2.32. The number of carbonyl (C=O) groups is 1. The normalized spacial score (nSPS) is 14.5. The molecule has 0 saturated heterocycles. The monoisotopic (exact) mass is 581 g/mol. The number of thiazole rings is 1. The molecule has 1 aliphatic heterocycles. The zero-order valence-electron chi connectivity index (χ0n) is 23.6. The molecule has 0 spiro atoms. The Kier molecular flexibility index (Phi) is 8.68. The van der Waals surface area contributed by atoms with Crippen LogP contribution in [0.4, 0.5) is 5.69 Å². The third kappa shape index (κ3) is 5.91. The van der Waals surface area contributed by atoms with Crippen LogP contribution in [0, 0.1) is 0 Å². The van der Waals surface area contributed by atoms with E-state index >= 15 is 0 Å². The van der Waals surface area contributed by atoms with Crippen molar-refractivity contribution in [1.82, 2.24) is 4.57 Å². The molecule has 3 aromatic carbocycles. The summed E-state index contributed by atoms with van der Waals surface area (Å²) in [7, 11) is 1.59. The number of fused-ring (bicyclic) bond motifs is 1. The van der Waals surface area contributed by atoms with Gasteiger partial charge in [-0.15, -0.1) is 0 Å². The van der Waals surface area contributed by atoms with Gasteiger partial charge in [0.1, 0.15) is 12.4 Å². The van der Waals surface area contributed by atoms with Crippen LogP contribution in [-0.4, -0.2) is 30.8 Å². The lowest BCUT2D eigenvalue weighted by Gasteiger charge is -2.25. The largest absolute Gasteiger partial charge is 0.497 e. The van der Waals surface area contributed by atoms with Crippen LogP contribution < -0.4 is 34.4 Å². The number of carbonyl (C=O) groups excluding carboxylic acids is 1. The Morgan fingerprint density at radius 3 is 2.52 bits per heavy atom. The van der Waals surface area contributed by atoms with Gasteiger partial charge in [0, 0.05) is 5.69 Å². The van der Waals surface area contributed by atoms with Crippen LogP contribution in [0.25, 0.3) is 6.08 Å². The molecule has 0 radical (unpaired) electrons. The van der Waals surface area contributed by atoms with E-state index in [1.54, 1.807) is 30.8 Å². The van der Waals surface area contributed by atoms with Gasteiger partial charge in [-0.25, -0.2) is 4.99 Å². The van der Waals surface area contributed by atoms with Gasteiger partial charge in [-0.1, -0.05) is 60.4 Å². The van der Waals surface area contributed by atoms with Crippen molar-refractivity contribution in [1.29, 1.82) is 0 Å². The Labute approximate surface area is 247 Å². The number of ether oxygens (including phenoxy) is 3. The molecule has 9 heteroatoms. The second kappa shape index (κ2) is 12.7. The fourth-order valence-corrected chi connectivity index (χ4v) is 5.78. The number of aromatic nitrogens is 1. The van der Waals surface area contributed by atoms with Gasteiger partial charge < -0.3 is 19.5 Å². The lowest BCUT2D eigenvalue weighted by molar-refractivity contribution is -0.113. The first-order chi connectivity index (χ1) is 20.4. The quantitative estimate of drug-likeness (QED) is 0.271. The third-order valence-corrected chi connectivity index (χ3v) is 7.63. The van der Waals surface area contributed by atoms with Crippen molar-refractivity contribution in [2.45, 2.75) is 19.9 Å². The highest BCUT2D eigenvalue weighted by molar-refractivity contribution is 7.07. The van der Waals surface area contributed by atoms with Crippen LogP contribution >= 0.6 is 11.3 Å². The smallest absolute Gasteiger partial charge is 0.271 e. The van der Waals surface area contributed by atoms with Crippen molar-refractivity contribution in [2.24, 2.45) is 4.99 Å². The Morgan fingerprint density at radius 2 is 1.83 bits per heavy atom. The van der Waals surface area contributed by atoms with Gasteiger partial charge >= 0.3 is 0 Å². The minimum atomic E-state index is -0.688. The summed E-state index contributed by atoms with van der Waals surface area (Å²) in [5.74, 6) is 1.52. The van der Waals surface area contributed by atoms with Gasteiger partial charge in [0.2, 0.25) is 0 Å². The third-order valence-electron chi connectivity index (χ3n) is 6.65. The summed E-state index contributed by atoms with van der Waals surface area (Å²) in [6, 6.07) is 21.4. The minimum absolute atomic E-state index is 0.248. The van der Waals surface area contributed by atoms with Crippen LogP contribution in [0.5, 0.6) is 17.2 Å². The fourth-order valence-electron chi connectivity index (χ4n) is 4.74. The molecule has 0 aliphatic carbocycles. The van der Waals surface area contributed by atoms with E-state index in [1.807, 2.05) is 79.7 Å². The lowest BCUT2D eigenvalue weighted by Crippen LogP contribution is -2.40. The molecule has 5 rings (SSSR count). The van der Waals surface area contributed by atoms with Crippen molar-refractivity contribution >= 4 is 29.0 Å². The molecule has 1 atom stereocenters. The molecule has 214 valence electrons. The van der Waals surface area contributed by atoms with Crippen molar-refractivity contribution in [3.05, 3.63) is 128 Å². The fraction of sp³-hybridized carbons (Fsp3) is 0.182. The summed E-state index contributed by atoms with van der Waals surface area (Å²) in [5.41, 5.74) is 2.87. The number of hydrogen-bond donors (Lipinski definition) is 1. The predicted molar refractivity (Wildman–Crippen MR) is 165 cm³/mol. The van der Waals surface area contributed by atoms with E-state index in [2.05, 4.69) is 11.9 Å². The molecule has 0 fully saturated rings. The average molecular weight is 582 g/mol. The summed E-state index contributed by atoms with van der Waals surface area (Å²) in [6.07, 6.45) is 3.47. The molecule has 0 saturated carbocycles. The molecule has 8 nitrogen and oxygen atoms in total. The molecule has 1 amide bonds. The molecule has 4 aromatic rings. The van der Waals surface area contributed by atoms with Crippen LogP contribution in [-0.2, 0) is 4.79 Å². The number of anilines is 1. The number of allylic oxidation sites excluding steroid dienone is 1. The van der Waals surface area contributed by atoms with E-state index in [1.165, 1.54) is 11.3 Å². The van der Waals surface area contributed by atoms with Gasteiger partial charge in [0.15, 0.2) is 16.3 Å². The molecule has 0 bridgehead atoms. The average Bonchev–Trinajstić information content (AvgIpc) is 3.30. The number of nitrogens with one attached hydrogen (secondary N) is 1. The van der Waals surface area contributed by atoms with E-state index in [0.29, 0.717) is 56.8 Å². The van der Waals surface area contributed by atoms with Crippen LogP contribution in [0.1, 0.15) is 31.0 Å². The first-order valence-corrected chi connectivity index (χ1v) is 14.3. The Morgan fingerprint density at radius 1 is 1.07 bits per heavy atom. The first-order valence-electron chi connectivity index (χ1n) is 13.5. The molecule has 42 heavy (non-hydrogen) atoms. The summed E-state index contributed by atoms with van der Waals surface area (Å²) in [4.78, 5) is 32.9. The van der Waals surface area contributed by atoms with Crippen molar-refractivity contribution in [3.8, 4) is 17.2 Å². The van der Waals surface area contributed by atoms with Crippen LogP contribution in [0.3, 0.4) is 0 Å². The summed E-state index contributed by atoms with van der Waals surface area (Å²) in [5, 5.41) is 2.97. The molecular formula is C33H31N3O5S. The maximum absolute atomic E-state index is 14.0. The SMILES string of the molecule is C=CCOc1ccc(/C=c2/sc3n(c2=O)[C@@H](c2ccc(OC)cc2)C(C(=O)Nc2ccccc2)=C(C)N=3)cc1OCC. The number of rotatable bonds is 10. The Bertz CT molecular complexity index is 1820. The highest BCUT2D eigenvalue weighted by atomic mass is 32.1. The van der Waals surface area contributed by atoms with Crippen molar-refractivity contribution < 1.29 is 19.0 Å². The number of hydrogen-bond acceptors (Lipinski definition) is 7. The predicted octanol–water partition coefficient (Wildman–Crippen LogP) is 4.85. The topological polar surface area (TPSA) is 91.2 Å². The zero-order valence-corrected chi connectivity index (χ0v) is 24.4. The standard InChI is InChI=1S/C33H31N3O5S/c1-5-18-41-26-17-12-22(19-27(26)40-6-2)20-28-32(38)36-30(23-13-15-25(39-4)16-14-23)29(21(3)34-33(36)42-28)31(37)35-24-10-8-7-9-11-24/h5,7-17,19-20,30H,1,6,18H2,2-4H3,(H,35,37)/b28-20+/t30-/m0/s1. The lowest BCUT2D eigenvalue weighted by atomic mass is 9.95. The van der Waals surface area contributed by atoms with Gasteiger partial charge in [-0.3, -0.25) is 14.2 Å². The molecule has 1 aromatic heterocycles. The first kappa shape index (κ1) is 28.6. The maximum Gasteiger partial charge on any atom is 0.271 e. The number of para-hydroxylation sites is 1. The summed E-state index contributed by atoms with van der Waals surface area (Å²) < 4.78 is 18.9. The Hall–Kier alpha value is -4.89. The molecule has 2 heterocycles. The molecule has 1 N–H and O–H groups in total. The Balaban J connectivity index is 1.62.